The van der Waals surface area contributed by atoms with Gasteiger partial charge in [0.2, 0.25) is 5.43 Å². The molecule has 3 fully saturated rings. The van der Waals surface area contributed by atoms with Gasteiger partial charge in [-0.3, -0.25) is 23.3 Å². The van der Waals surface area contributed by atoms with Gasteiger partial charge in [0.25, 0.3) is 0 Å². The lowest BCUT2D eigenvalue weighted by atomic mass is 10.0. The number of fused-ring (bicyclic) bond motifs is 5. The third-order valence-corrected chi connectivity index (χ3v) is 13.3. The first-order chi connectivity index (χ1) is 31.4. The zero-order valence-corrected chi connectivity index (χ0v) is 35.4. The molecule has 1 amide bonds. The predicted octanol–water partition coefficient (Wildman–Crippen LogP) is 7.28. The van der Waals surface area contributed by atoms with Gasteiger partial charge in [0, 0.05) is 30.9 Å². The number of halogens is 2. The number of phosphoric acid groups is 1. The van der Waals surface area contributed by atoms with Crippen LogP contribution in [0.25, 0.3) is 10.9 Å². The molecule has 17 nitrogen and oxygen atoms in total. The fourth-order valence-electron chi connectivity index (χ4n) is 8.60. The molecule has 0 bridgehead atoms. The molecule has 65 heavy (non-hydrogen) atoms. The summed E-state index contributed by atoms with van der Waals surface area (Å²) in [4.78, 5) is 41.4. The summed E-state index contributed by atoms with van der Waals surface area (Å²) in [6.07, 6.45) is 4.61. The number of carboxylic acids is 1. The Morgan fingerprint density at radius 3 is 2.31 bits per heavy atom. The largest absolute Gasteiger partial charge is 0.487 e. The minimum absolute atomic E-state index is 0.00281. The van der Waals surface area contributed by atoms with Crippen LogP contribution in [0.5, 0.6) is 11.5 Å². The fraction of sp³-hybridized carbons (Fsp3) is 0.311. The van der Waals surface area contributed by atoms with Crippen molar-refractivity contribution in [3.8, 4) is 11.5 Å². The van der Waals surface area contributed by atoms with Gasteiger partial charge in [0.05, 0.1) is 61.7 Å². The molecule has 4 aromatic carbocycles. The van der Waals surface area contributed by atoms with Crippen molar-refractivity contribution in [2.45, 2.75) is 62.8 Å². The van der Waals surface area contributed by atoms with Gasteiger partial charge in [-0.2, -0.15) is 0 Å². The zero-order chi connectivity index (χ0) is 44.9. The number of rotatable bonds is 16. The van der Waals surface area contributed by atoms with Gasteiger partial charge in [-0.25, -0.2) is 27.6 Å². The second-order valence-corrected chi connectivity index (χ2v) is 18.0. The number of hydrogen-bond donors (Lipinski definition) is 1. The summed E-state index contributed by atoms with van der Waals surface area (Å²) in [6, 6.07) is 22.2. The first-order valence-corrected chi connectivity index (χ1v) is 22.4. The Morgan fingerprint density at radius 2 is 1.66 bits per heavy atom. The van der Waals surface area contributed by atoms with Crippen molar-refractivity contribution in [1.29, 1.82) is 0 Å². The van der Waals surface area contributed by atoms with E-state index in [0.717, 1.165) is 25.0 Å². The van der Waals surface area contributed by atoms with E-state index in [4.69, 9.17) is 27.8 Å². The van der Waals surface area contributed by atoms with Crippen molar-refractivity contribution < 1.29 is 55.8 Å². The molecule has 1 N–H and O–H groups in total. The molecule has 0 spiro atoms. The molecule has 3 atom stereocenters. The molecule has 1 saturated carbocycles. The van der Waals surface area contributed by atoms with Gasteiger partial charge in [0.1, 0.15) is 36.2 Å². The molecule has 6 aromatic rings. The number of pyridine rings is 1. The van der Waals surface area contributed by atoms with Crippen molar-refractivity contribution in [2.75, 3.05) is 36.1 Å². The van der Waals surface area contributed by atoms with Gasteiger partial charge >= 0.3 is 19.9 Å². The number of anilines is 2. The van der Waals surface area contributed by atoms with Crippen LogP contribution in [0, 0.1) is 11.6 Å². The standard InChI is InChI=1S/C45H41F2N6O11P/c46-36-17-31(52-21-33(63-44(52)57)20-50-16-15-48-49-50)13-14-38(36)60-27-45(64-65(58,61-23-28-7-3-1-4-8-28)62-24-29-9-5-2-6-10-29)19-32-25-59-42-39-34(18-37(47)40(42)53(32)26-45)41(54)35(43(55)56)22-51(39)30-11-12-30/h1-10,13-18,22,30,32-33H,11-12,19-21,23-27H2,(H,55,56)/t32-,33?,45-/m0/s1. The maximum absolute atomic E-state index is 16.6. The summed E-state index contributed by atoms with van der Waals surface area (Å²) >= 11 is 0. The van der Waals surface area contributed by atoms with E-state index < -0.39 is 66.9 Å². The first kappa shape index (κ1) is 42.3. The number of carbonyl (C=O) groups excluding carboxylic acids is 1. The summed E-state index contributed by atoms with van der Waals surface area (Å²) in [6.45, 7) is -0.665. The molecule has 5 heterocycles. The van der Waals surface area contributed by atoms with Gasteiger partial charge < -0.3 is 28.8 Å². The average Bonchev–Trinajstić information content (AvgIpc) is 3.70. The van der Waals surface area contributed by atoms with Crippen molar-refractivity contribution in [1.82, 2.24) is 19.6 Å². The SMILES string of the molecule is O=C(O)c1cn(C2CC2)c2c3c(c(F)cc2c1=O)N1C[C@@](COc2ccc(N4CC(Cn5ccnn5)OC4=O)cc2F)(OP(=O)(OCc2ccccc2)OCc2ccccc2)C[C@H]1CO3. The van der Waals surface area contributed by atoms with E-state index in [2.05, 4.69) is 10.3 Å². The molecular formula is C45H41F2N6O11P. The Bertz CT molecular complexity index is 2840. The minimum atomic E-state index is -4.58. The van der Waals surface area contributed by atoms with Crippen LogP contribution in [0.2, 0.25) is 0 Å². The number of cyclic esters (lactones) is 1. The lowest BCUT2D eigenvalue weighted by molar-refractivity contribution is -0.0139. The van der Waals surface area contributed by atoms with E-state index in [1.807, 2.05) is 12.1 Å². The third-order valence-electron chi connectivity index (χ3n) is 11.8. The fourth-order valence-corrected chi connectivity index (χ4v) is 10.1. The Labute approximate surface area is 369 Å². The zero-order valence-electron chi connectivity index (χ0n) is 34.5. The third kappa shape index (κ3) is 8.55. The Hall–Kier alpha value is -6.66. The smallest absolute Gasteiger partial charge is 0.476 e. The molecule has 2 aromatic heterocycles. The second kappa shape index (κ2) is 17.0. The number of nitrogens with zero attached hydrogens (tertiary/aromatic N) is 6. The van der Waals surface area contributed by atoms with Gasteiger partial charge in [-0.15, -0.1) is 5.10 Å². The highest BCUT2D eigenvalue weighted by Gasteiger charge is 2.54. The summed E-state index contributed by atoms with van der Waals surface area (Å²) in [5, 5.41) is 17.4. The molecule has 3 aliphatic heterocycles. The van der Waals surface area contributed by atoms with E-state index in [9.17, 15) is 19.5 Å². The number of aromatic carboxylic acids is 1. The van der Waals surface area contributed by atoms with Gasteiger partial charge in [-0.05, 0) is 42.2 Å². The van der Waals surface area contributed by atoms with Gasteiger partial charge in [-0.1, -0.05) is 65.9 Å². The van der Waals surface area contributed by atoms with Crippen LogP contribution in [0.4, 0.5) is 25.0 Å². The normalized spacial score (nSPS) is 20.4. The van der Waals surface area contributed by atoms with E-state index in [0.29, 0.717) is 11.1 Å². The summed E-state index contributed by atoms with van der Waals surface area (Å²) in [5.41, 5.74) is -1.19. The van der Waals surface area contributed by atoms with E-state index in [1.165, 1.54) is 34.1 Å². The molecule has 0 radical (unpaired) electrons. The van der Waals surface area contributed by atoms with Crippen LogP contribution in [0.3, 0.4) is 0 Å². The molecular weight excluding hydrogens is 869 g/mol. The van der Waals surface area contributed by atoms with Crippen LogP contribution in [0.1, 0.15) is 46.8 Å². The maximum Gasteiger partial charge on any atom is 0.476 e. The first-order valence-electron chi connectivity index (χ1n) is 20.9. The highest BCUT2D eigenvalue weighted by atomic mass is 31.2. The Morgan fingerprint density at radius 1 is 0.938 bits per heavy atom. The lowest BCUT2D eigenvalue weighted by Crippen LogP contribution is -2.43. The average molecular weight is 911 g/mol. The summed E-state index contributed by atoms with van der Waals surface area (Å²) in [7, 11) is -4.58. The monoisotopic (exact) mass is 910 g/mol. The number of carboxylic acid groups (broad SMARTS) is 1. The number of aromatic nitrogens is 4. The molecule has 4 aliphatic rings. The van der Waals surface area contributed by atoms with Crippen LogP contribution in [0.15, 0.2) is 108 Å². The number of benzene rings is 4. The van der Waals surface area contributed by atoms with Crippen LogP contribution >= 0.6 is 7.82 Å². The van der Waals surface area contributed by atoms with Crippen molar-refractivity contribution in [3.05, 3.63) is 142 Å². The highest BCUT2D eigenvalue weighted by Crippen LogP contribution is 2.58. The second-order valence-electron chi connectivity index (χ2n) is 16.4. The maximum atomic E-state index is 16.6. The van der Waals surface area contributed by atoms with Crippen molar-refractivity contribution >= 4 is 42.2 Å². The van der Waals surface area contributed by atoms with E-state index in [1.54, 1.807) is 64.2 Å². The summed E-state index contributed by atoms with van der Waals surface area (Å²) < 4.78 is 87.6. The lowest BCUT2D eigenvalue weighted by Gasteiger charge is -2.35. The Balaban J connectivity index is 0.988. The van der Waals surface area contributed by atoms with Crippen LogP contribution < -0.4 is 24.7 Å². The minimum Gasteiger partial charge on any atom is -0.487 e. The molecule has 1 unspecified atom stereocenters. The van der Waals surface area contributed by atoms with Crippen LogP contribution in [-0.4, -0.2) is 80.8 Å². The predicted molar refractivity (Wildman–Crippen MR) is 228 cm³/mol. The number of phosphoric ester groups is 1. The molecule has 20 heteroatoms. The van der Waals surface area contributed by atoms with Gasteiger partial charge in [0.15, 0.2) is 23.1 Å². The van der Waals surface area contributed by atoms with Crippen LogP contribution in [-0.2, 0) is 42.6 Å². The van der Waals surface area contributed by atoms with Crippen molar-refractivity contribution in [2.24, 2.45) is 0 Å². The molecule has 2 saturated heterocycles. The van der Waals surface area contributed by atoms with E-state index >= 15 is 13.3 Å². The summed E-state index contributed by atoms with van der Waals surface area (Å²) in [5.74, 6) is -3.30. The molecule has 1 aliphatic carbocycles. The quantitative estimate of drug-likeness (QED) is 0.0956. The highest BCUT2D eigenvalue weighted by molar-refractivity contribution is 7.48. The number of ether oxygens (including phenoxy) is 3. The topological polar surface area (TPSA) is 186 Å². The van der Waals surface area contributed by atoms with E-state index in [-0.39, 0.29) is 85.7 Å². The molecule has 336 valence electrons. The number of carbonyl (C=O) groups is 2. The van der Waals surface area contributed by atoms with Crippen molar-refractivity contribution in [3.63, 3.8) is 0 Å². The number of hydrogen-bond acceptors (Lipinski definition) is 13. The Kier molecular flexibility index (Phi) is 11.1. The molecule has 10 rings (SSSR count). The number of amides is 1.